The Kier molecular flexibility index (Phi) is 5.19. The SMILES string of the molecule is CC(C)(C)c1cc(F)c2c(=O)n(-c3cccc(-n4cc(C#N)c5cncnc54)c3CO)ncc2c1. The van der Waals surface area contributed by atoms with Gasteiger partial charge in [-0.25, -0.2) is 14.4 Å². The van der Waals surface area contributed by atoms with Gasteiger partial charge in [0.25, 0.3) is 5.56 Å². The van der Waals surface area contributed by atoms with E-state index in [1.165, 1.54) is 18.6 Å². The highest BCUT2D eigenvalue weighted by molar-refractivity contribution is 5.85. The first-order valence-electron chi connectivity index (χ1n) is 10.9. The van der Waals surface area contributed by atoms with E-state index in [9.17, 15) is 15.2 Å². The Labute approximate surface area is 199 Å². The Morgan fingerprint density at radius 3 is 2.66 bits per heavy atom. The fraction of sp³-hybridized carbons (Fsp3) is 0.192. The fourth-order valence-electron chi connectivity index (χ4n) is 4.22. The van der Waals surface area contributed by atoms with E-state index in [4.69, 9.17) is 0 Å². The average molecular weight is 468 g/mol. The summed E-state index contributed by atoms with van der Waals surface area (Å²) in [6.45, 7) is 5.47. The third kappa shape index (κ3) is 3.55. The van der Waals surface area contributed by atoms with Crippen LogP contribution in [-0.4, -0.2) is 29.4 Å². The number of hydrogen-bond acceptors (Lipinski definition) is 6. The van der Waals surface area contributed by atoms with Crippen LogP contribution in [0.5, 0.6) is 0 Å². The molecule has 0 aliphatic heterocycles. The molecule has 35 heavy (non-hydrogen) atoms. The van der Waals surface area contributed by atoms with Crippen molar-refractivity contribution in [1.29, 1.82) is 5.26 Å². The molecule has 3 aromatic heterocycles. The van der Waals surface area contributed by atoms with Crippen molar-refractivity contribution in [3.63, 3.8) is 0 Å². The lowest BCUT2D eigenvalue weighted by atomic mass is 9.86. The summed E-state index contributed by atoms with van der Waals surface area (Å²) in [4.78, 5) is 21.7. The van der Waals surface area contributed by atoms with Gasteiger partial charge in [-0.15, -0.1) is 0 Å². The van der Waals surface area contributed by atoms with Gasteiger partial charge in [0.1, 0.15) is 23.9 Å². The predicted octanol–water partition coefficient (Wildman–Crippen LogP) is 3.92. The Hall–Kier alpha value is -4.42. The van der Waals surface area contributed by atoms with Crippen LogP contribution in [0.15, 0.2) is 60.0 Å². The van der Waals surface area contributed by atoms with Crippen molar-refractivity contribution in [1.82, 2.24) is 24.3 Å². The van der Waals surface area contributed by atoms with Crippen LogP contribution < -0.4 is 5.56 Å². The van der Waals surface area contributed by atoms with Crippen molar-refractivity contribution in [3.8, 4) is 17.4 Å². The van der Waals surface area contributed by atoms with Gasteiger partial charge in [0.05, 0.1) is 40.5 Å². The van der Waals surface area contributed by atoms with Crippen LogP contribution in [0.4, 0.5) is 4.39 Å². The van der Waals surface area contributed by atoms with Gasteiger partial charge in [0.2, 0.25) is 0 Å². The Balaban J connectivity index is 1.76. The molecule has 8 nitrogen and oxygen atoms in total. The number of aliphatic hydroxyl groups excluding tert-OH is 1. The molecule has 0 saturated carbocycles. The molecule has 0 radical (unpaired) electrons. The van der Waals surface area contributed by atoms with Crippen LogP contribution in [0.3, 0.4) is 0 Å². The highest BCUT2D eigenvalue weighted by Gasteiger charge is 2.21. The van der Waals surface area contributed by atoms with Gasteiger partial charge in [-0.05, 0) is 35.2 Å². The second-order valence-electron chi connectivity index (χ2n) is 9.25. The van der Waals surface area contributed by atoms with Gasteiger partial charge in [0, 0.05) is 23.3 Å². The highest BCUT2D eigenvalue weighted by Crippen LogP contribution is 2.29. The molecule has 3 heterocycles. The molecule has 0 spiro atoms. The number of halogens is 1. The van der Waals surface area contributed by atoms with Crippen LogP contribution in [0.2, 0.25) is 0 Å². The molecule has 0 bridgehead atoms. The maximum Gasteiger partial charge on any atom is 0.282 e. The number of fused-ring (bicyclic) bond motifs is 2. The summed E-state index contributed by atoms with van der Waals surface area (Å²) in [6, 6.07) is 10.3. The van der Waals surface area contributed by atoms with Crippen LogP contribution in [0.1, 0.15) is 37.5 Å². The van der Waals surface area contributed by atoms with Crippen LogP contribution in [-0.2, 0) is 12.0 Å². The monoisotopic (exact) mass is 468 g/mol. The van der Waals surface area contributed by atoms with E-state index < -0.39 is 18.0 Å². The smallest absolute Gasteiger partial charge is 0.282 e. The Bertz CT molecular complexity index is 1720. The largest absolute Gasteiger partial charge is 0.392 e. The molecule has 0 amide bonds. The third-order valence-corrected chi connectivity index (χ3v) is 6.07. The molecule has 2 aromatic carbocycles. The summed E-state index contributed by atoms with van der Waals surface area (Å²) in [5.41, 5.74) is 1.84. The Morgan fingerprint density at radius 1 is 1.17 bits per heavy atom. The number of nitriles is 1. The van der Waals surface area contributed by atoms with E-state index >= 15 is 4.39 Å². The van der Waals surface area contributed by atoms with E-state index in [-0.39, 0.29) is 10.8 Å². The second kappa shape index (κ2) is 8.11. The molecule has 5 rings (SSSR count). The first-order valence-corrected chi connectivity index (χ1v) is 10.9. The highest BCUT2D eigenvalue weighted by atomic mass is 19.1. The molecule has 0 unspecified atom stereocenters. The number of nitrogens with zero attached hydrogens (tertiary/aromatic N) is 6. The molecule has 0 saturated heterocycles. The first-order chi connectivity index (χ1) is 16.7. The summed E-state index contributed by atoms with van der Waals surface area (Å²) in [5, 5.41) is 25.0. The van der Waals surface area contributed by atoms with Crippen molar-refractivity contribution < 1.29 is 9.50 Å². The molecule has 5 aromatic rings. The molecular formula is C26H21FN6O2. The maximum absolute atomic E-state index is 15.1. The van der Waals surface area contributed by atoms with E-state index in [1.807, 2.05) is 20.8 Å². The minimum atomic E-state index is -0.635. The molecule has 0 aliphatic rings. The zero-order valence-corrected chi connectivity index (χ0v) is 19.3. The number of aromatic nitrogens is 5. The predicted molar refractivity (Wildman–Crippen MR) is 129 cm³/mol. The van der Waals surface area contributed by atoms with Crippen molar-refractivity contribution in [2.45, 2.75) is 32.8 Å². The fourth-order valence-corrected chi connectivity index (χ4v) is 4.22. The van der Waals surface area contributed by atoms with Gasteiger partial charge in [0.15, 0.2) is 0 Å². The third-order valence-electron chi connectivity index (χ3n) is 6.07. The summed E-state index contributed by atoms with van der Waals surface area (Å²) in [7, 11) is 0. The maximum atomic E-state index is 15.1. The van der Waals surface area contributed by atoms with Crippen molar-refractivity contribution in [3.05, 3.63) is 88.1 Å². The van der Waals surface area contributed by atoms with E-state index in [0.717, 1.165) is 10.2 Å². The number of benzene rings is 2. The van der Waals surface area contributed by atoms with Gasteiger partial charge in [-0.1, -0.05) is 26.8 Å². The molecule has 0 fully saturated rings. The van der Waals surface area contributed by atoms with Crippen LogP contribution in [0.25, 0.3) is 33.2 Å². The lowest BCUT2D eigenvalue weighted by Gasteiger charge is -2.20. The normalized spacial score (nSPS) is 11.8. The topological polar surface area (TPSA) is 110 Å². The molecule has 174 valence electrons. The number of aliphatic hydroxyl groups is 1. The summed E-state index contributed by atoms with van der Waals surface area (Å²) < 4.78 is 17.9. The minimum absolute atomic E-state index is 0.0757. The van der Waals surface area contributed by atoms with E-state index in [1.54, 1.807) is 41.2 Å². The van der Waals surface area contributed by atoms with Crippen molar-refractivity contribution in [2.75, 3.05) is 0 Å². The lowest BCUT2D eigenvalue weighted by Crippen LogP contribution is -2.24. The minimum Gasteiger partial charge on any atom is -0.392 e. The lowest BCUT2D eigenvalue weighted by molar-refractivity contribution is 0.281. The summed E-state index contributed by atoms with van der Waals surface area (Å²) in [6.07, 6.45) is 5.97. The summed E-state index contributed by atoms with van der Waals surface area (Å²) >= 11 is 0. The van der Waals surface area contributed by atoms with Crippen LogP contribution >= 0.6 is 0 Å². The van der Waals surface area contributed by atoms with Crippen LogP contribution in [0, 0.1) is 17.1 Å². The van der Waals surface area contributed by atoms with Crippen molar-refractivity contribution in [2.24, 2.45) is 0 Å². The average Bonchev–Trinajstić information content (AvgIpc) is 3.21. The zero-order valence-electron chi connectivity index (χ0n) is 19.3. The number of rotatable bonds is 3. The number of hydrogen-bond donors (Lipinski definition) is 1. The Morgan fingerprint density at radius 2 is 1.94 bits per heavy atom. The second-order valence-corrected chi connectivity index (χ2v) is 9.25. The van der Waals surface area contributed by atoms with E-state index in [0.29, 0.717) is 38.9 Å². The van der Waals surface area contributed by atoms with Gasteiger partial charge in [-0.2, -0.15) is 15.0 Å². The standard InChI is InChI=1S/C26H21FN6O2/c1-26(2,3)17-7-15-10-31-33(25(35)23(15)20(27)8-17)22-6-4-5-21(19(22)13-34)32-12-16(9-28)18-11-29-14-30-24(18)32/h4-8,10-12,14,34H,13H2,1-3H3. The first kappa shape index (κ1) is 22.4. The van der Waals surface area contributed by atoms with Gasteiger partial charge >= 0.3 is 0 Å². The quantitative estimate of drug-likeness (QED) is 0.430. The zero-order chi connectivity index (χ0) is 24.9. The van der Waals surface area contributed by atoms with E-state index in [2.05, 4.69) is 21.1 Å². The molecule has 0 atom stereocenters. The molecular weight excluding hydrogens is 447 g/mol. The van der Waals surface area contributed by atoms with Gasteiger partial charge in [-0.3, -0.25) is 9.36 Å². The van der Waals surface area contributed by atoms with Gasteiger partial charge < -0.3 is 5.11 Å². The summed E-state index contributed by atoms with van der Waals surface area (Å²) in [5.74, 6) is -0.623. The molecule has 1 N–H and O–H groups in total. The van der Waals surface area contributed by atoms with Crippen molar-refractivity contribution >= 4 is 21.8 Å². The molecule has 9 heteroatoms. The molecule has 0 aliphatic carbocycles.